The Labute approximate surface area is 394 Å². The van der Waals surface area contributed by atoms with E-state index in [9.17, 15) is 32.6 Å². The second-order valence-corrected chi connectivity index (χ2v) is 21.4. The Bertz CT molecular complexity index is 2630. The van der Waals surface area contributed by atoms with Gasteiger partial charge in [-0.15, -0.1) is 11.3 Å². The summed E-state index contributed by atoms with van der Waals surface area (Å²) in [4.78, 5) is 79.0. The number of alkyl carbamates (subject to hydrolysis) is 1. The number of halogens is 3. The van der Waals surface area contributed by atoms with Gasteiger partial charge in [0.15, 0.2) is 5.13 Å². The summed E-state index contributed by atoms with van der Waals surface area (Å²) in [6, 6.07) is 5.25. The van der Waals surface area contributed by atoms with Gasteiger partial charge < -0.3 is 44.7 Å². The highest BCUT2D eigenvalue weighted by Crippen LogP contribution is 2.71. The van der Waals surface area contributed by atoms with Crippen LogP contribution in [0.5, 0.6) is 11.5 Å². The molecule has 2 aromatic carbocycles. The van der Waals surface area contributed by atoms with Crippen molar-refractivity contribution in [3.63, 3.8) is 0 Å². The lowest BCUT2D eigenvalue weighted by Crippen LogP contribution is -2.58. The van der Waals surface area contributed by atoms with Gasteiger partial charge in [0, 0.05) is 47.2 Å². The van der Waals surface area contributed by atoms with E-state index in [0.29, 0.717) is 46.0 Å². The van der Waals surface area contributed by atoms with Crippen LogP contribution >= 0.6 is 30.3 Å². The second kappa shape index (κ2) is 19.7. The largest absolute Gasteiger partial charge is 0.495 e. The number of cyclic esters (lactones) is 1. The summed E-state index contributed by atoms with van der Waals surface area (Å²) < 4.78 is 68.1. The number of hydrogen-bond acceptors (Lipinski definition) is 13. The number of nitrogens with one attached hydrogen (secondary N) is 3. The molecule has 0 spiro atoms. The van der Waals surface area contributed by atoms with E-state index in [4.69, 9.17) is 40.5 Å². The molecule has 3 amide bonds. The van der Waals surface area contributed by atoms with Crippen LogP contribution in [-0.2, 0) is 34.6 Å². The van der Waals surface area contributed by atoms with Gasteiger partial charge in [-0.25, -0.2) is 23.5 Å². The molecule has 4 N–H and O–H groups in total. The summed E-state index contributed by atoms with van der Waals surface area (Å²) in [7, 11) is -3.26. The first kappa shape index (κ1) is 48.1. The van der Waals surface area contributed by atoms with E-state index in [1.54, 1.807) is 30.4 Å². The Balaban J connectivity index is 1.18. The van der Waals surface area contributed by atoms with Crippen LogP contribution in [0.4, 0.5) is 18.7 Å². The zero-order valence-electron chi connectivity index (χ0n) is 37.3. The number of pyridine rings is 1. The fourth-order valence-corrected chi connectivity index (χ4v) is 12.5. The maximum Gasteiger partial charge on any atom is 0.408 e. The van der Waals surface area contributed by atoms with Crippen LogP contribution in [0.25, 0.3) is 22.3 Å². The molecule has 2 aromatic heterocycles. The number of anilines is 1. The number of esters is 1. The van der Waals surface area contributed by atoms with Crippen molar-refractivity contribution in [2.75, 3.05) is 19.0 Å². The molecule has 2 aliphatic heterocycles. The van der Waals surface area contributed by atoms with Crippen LogP contribution in [0.2, 0.25) is 5.02 Å². The van der Waals surface area contributed by atoms with Crippen molar-refractivity contribution in [1.29, 1.82) is 0 Å². The lowest BCUT2D eigenvalue weighted by atomic mass is 10.1. The van der Waals surface area contributed by atoms with Crippen LogP contribution < -0.4 is 25.4 Å². The maximum absolute atomic E-state index is 15.0. The molecule has 3 fully saturated rings. The van der Waals surface area contributed by atoms with E-state index in [0.717, 1.165) is 31.0 Å². The number of carbonyl (C=O) groups is 4. The average molecular weight is 985 g/mol. The molecule has 2 aliphatic carbocycles. The number of fused-ring (bicyclic) bond motifs is 3. The monoisotopic (exact) mass is 984 g/mol. The van der Waals surface area contributed by atoms with Crippen LogP contribution in [0.15, 0.2) is 53.9 Å². The second-order valence-electron chi connectivity index (χ2n) is 17.7. The van der Waals surface area contributed by atoms with Crippen LogP contribution in [0, 0.1) is 17.6 Å². The summed E-state index contributed by atoms with van der Waals surface area (Å²) >= 11 is 8.23. The summed E-state index contributed by atoms with van der Waals surface area (Å²) in [5.41, 5.74) is 0.613. The number of aromatic nitrogens is 2. The third-order valence-electron chi connectivity index (χ3n) is 12.6. The molecule has 1 saturated heterocycles. The fourth-order valence-electron chi connectivity index (χ4n) is 9.00. The SMILES string of the molecule is COc1ccc2c(O[C@@H]3C[C@H]4C(=O)N[C@]5(P(=O)(O)Cc6c(F)cccc6F)C[C@@H]5/C=C\CCC(=O)O[C@@H](C)[C@H](NC(=O)OC5CCCC5)C(=O)N4C3)cc(-c3csc(NC(C)C)n3)nc2c1Cl. The molecule has 67 heavy (non-hydrogen) atoms. The van der Waals surface area contributed by atoms with Gasteiger partial charge in [0.25, 0.3) is 0 Å². The van der Waals surface area contributed by atoms with Crippen molar-refractivity contribution in [1.82, 2.24) is 25.5 Å². The molecule has 1 unspecified atom stereocenters. The average Bonchev–Trinajstić information content (AvgIpc) is 3.69. The van der Waals surface area contributed by atoms with Crippen molar-refractivity contribution in [2.24, 2.45) is 5.92 Å². The van der Waals surface area contributed by atoms with Crippen LogP contribution in [-0.4, -0.2) is 99.0 Å². The number of ether oxygens (including phenoxy) is 4. The number of methoxy groups -OCH3 is 1. The van der Waals surface area contributed by atoms with Crippen molar-refractivity contribution in [3.8, 4) is 22.9 Å². The minimum absolute atomic E-state index is 0.0840. The number of allylic oxidation sites excluding steroid dienone is 1. The lowest BCUT2D eigenvalue weighted by Gasteiger charge is -2.32. The van der Waals surface area contributed by atoms with E-state index < -0.39 is 90.1 Å². The summed E-state index contributed by atoms with van der Waals surface area (Å²) in [6.07, 6.45) is 1.45. The predicted octanol–water partition coefficient (Wildman–Crippen LogP) is 8.09. The summed E-state index contributed by atoms with van der Waals surface area (Å²) in [6.45, 7) is 5.15. The number of thiazole rings is 1. The smallest absolute Gasteiger partial charge is 0.408 e. The Kier molecular flexibility index (Phi) is 14.1. The van der Waals surface area contributed by atoms with Gasteiger partial charge in [-0.3, -0.25) is 18.9 Å². The number of hydrogen-bond donors (Lipinski definition) is 4. The van der Waals surface area contributed by atoms with Gasteiger partial charge in [-0.1, -0.05) is 29.8 Å². The van der Waals surface area contributed by atoms with Gasteiger partial charge in [0.05, 0.1) is 31.0 Å². The number of carbonyl (C=O) groups excluding carboxylic acids is 4. The maximum atomic E-state index is 15.0. The fraction of sp³-hybridized carbons (Fsp3) is 0.478. The van der Waals surface area contributed by atoms with Crippen molar-refractivity contribution < 1.29 is 56.4 Å². The first-order valence-corrected chi connectivity index (χ1v) is 25.3. The van der Waals surface area contributed by atoms with E-state index >= 15 is 4.79 Å². The van der Waals surface area contributed by atoms with Gasteiger partial charge in [0.2, 0.25) is 19.2 Å². The number of amides is 3. The van der Waals surface area contributed by atoms with E-state index in [-0.39, 0.29) is 55.1 Å². The van der Waals surface area contributed by atoms with E-state index in [1.165, 1.54) is 30.3 Å². The quantitative estimate of drug-likeness (QED) is 0.0638. The molecular formula is C46H52ClF2N6O10PS. The topological polar surface area (TPSA) is 208 Å². The number of rotatable bonds is 11. The molecular weight excluding hydrogens is 933 g/mol. The van der Waals surface area contributed by atoms with Crippen molar-refractivity contribution >= 4 is 70.2 Å². The predicted molar refractivity (Wildman–Crippen MR) is 246 cm³/mol. The minimum Gasteiger partial charge on any atom is -0.495 e. The van der Waals surface area contributed by atoms with E-state index in [2.05, 4.69) is 16.0 Å². The lowest BCUT2D eigenvalue weighted by molar-refractivity contribution is -0.154. The Hall–Kier alpha value is -5.36. The van der Waals surface area contributed by atoms with Gasteiger partial charge in [0.1, 0.15) is 69.5 Å². The molecule has 2 saturated carbocycles. The van der Waals surface area contributed by atoms with Crippen LogP contribution in [0.3, 0.4) is 0 Å². The Morgan fingerprint density at radius 2 is 1.85 bits per heavy atom. The Morgan fingerprint density at radius 3 is 2.57 bits per heavy atom. The molecule has 0 bridgehead atoms. The summed E-state index contributed by atoms with van der Waals surface area (Å²) in [5.74, 6) is -4.61. The number of benzene rings is 2. The van der Waals surface area contributed by atoms with Crippen molar-refractivity contribution in [2.45, 2.75) is 120 Å². The number of nitrogens with zero attached hydrogens (tertiary/aromatic N) is 3. The first-order valence-electron chi connectivity index (χ1n) is 22.2. The first-order chi connectivity index (χ1) is 32.0. The molecule has 21 heteroatoms. The standard InChI is InChI=1S/C46H52ClF2N6O10PS/c1-24(2)50-44-52-34(23-67-44)33-19-37(29-16-17-36(62-4)39(47)41(29)51-33)64-28-18-35-42(57)54-46(66(60,61)22-30-31(48)13-9-14-32(30)49)20-26(46)10-5-8-15-38(56)63-25(3)40(43(58)55(35)21-28)53-45(59)65-27-11-6-7-12-27/h5,9-10,13-14,16-17,19,23-28,35,40H,6-8,11-12,15,18,20-22H2,1-4H3,(H,50,52)(H,53,59)(H,54,57)(H,60,61)/b10-5-/t25-,26-,28+,35-,40-,46-/m0/s1. The third-order valence-corrected chi connectivity index (χ3v) is 16.3. The van der Waals surface area contributed by atoms with Gasteiger partial charge in [-0.2, -0.15) is 0 Å². The molecule has 0 radical (unpaired) electrons. The molecule has 8 rings (SSSR count). The highest BCUT2D eigenvalue weighted by Gasteiger charge is 2.66. The van der Waals surface area contributed by atoms with Gasteiger partial charge in [-0.05, 0) is 83.6 Å². The zero-order valence-corrected chi connectivity index (χ0v) is 39.7. The molecule has 4 aliphatic rings. The molecule has 16 nitrogen and oxygen atoms in total. The molecule has 4 heterocycles. The summed E-state index contributed by atoms with van der Waals surface area (Å²) in [5, 5.41) is 9.89. The minimum atomic E-state index is -4.72. The van der Waals surface area contributed by atoms with E-state index in [1.807, 2.05) is 19.2 Å². The highest BCUT2D eigenvalue weighted by atomic mass is 35.5. The van der Waals surface area contributed by atoms with Crippen LogP contribution in [0.1, 0.15) is 77.7 Å². The van der Waals surface area contributed by atoms with Crippen molar-refractivity contribution in [3.05, 3.63) is 76.2 Å². The zero-order chi connectivity index (χ0) is 47.8. The normalized spacial score (nSPS) is 26.1. The van der Waals surface area contributed by atoms with Gasteiger partial charge >= 0.3 is 12.1 Å². The third kappa shape index (κ3) is 10.2. The molecule has 4 aromatic rings. The molecule has 7 atom stereocenters. The Morgan fingerprint density at radius 1 is 1.10 bits per heavy atom. The highest BCUT2D eigenvalue weighted by molar-refractivity contribution is 7.59. The molecule has 358 valence electrons.